The molecule has 0 aromatic heterocycles. The minimum absolute atomic E-state index is 0.0795. The van der Waals surface area contributed by atoms with Crippen LogP contribution in [0.4, 0.5) is 16.2 Å². The van der Waals surface area contributed by atoms with Crippen LogP contribution in [-0.4, -0.2) is 30.5 Å². The monoisotopic (exact) mass is 266 g/mol. The lowest BCUT2D eigenvalue weighted by molar-refractivity contribution is -0.385. The molecule has 1 rings (SSSR count). The molecule has 8 nitrogen and oxygen atoms in total. The third-order valence-corrected chi connectivity index (χ3v) is 2.35. The van der Waals surface area contributed by atoms with E-state index in [1.165, 1.54) is 19.2 Å². The van der Waals surface area contributed by atoms with Crippen molar-refractivity contribution < 1.29 is 14.5 Å². The molecule has 0 bridgehead atoms. The lowest BCUT2D eigenvalue weighted by atomic mass is 10.2. The van der Waals surface area contributed by atoms with Gasteiger partial charge in [-0.25, -0.2) is 4.79 Å². The number of likely N-dealkylation sites (N-methyl/N-ethyl adjacent to an activating group) is 1. The van der Waals surface area contributed by atoms with E-state index >= 15 is 0 Å². The Balaban J connectivity index is 2.67. The van der Waals surface area contributed by atoms with E-state index in [1.54, 1.807) is 13.0 Å². The number of carbonyl (C=O) groups is 2. The van der Waals surface area contributed by atoms with E-state index in [4.69, 9.17) is 0 Å². The highest BCUT2D eigenvalue weighted by Crippen LogP contribution is 2.22. The fourth-order valence-corrected chi connectivity index (χ4v) is 1.31. The quantitative estimate of drug-likeness (QED) is 0.551. The number of nitro benzene ring substituents is 1. The minimum atomic E-state index is -0.609. The molecule has 3 N–H and O–H groups in total. The lowest BCUT2D eigenvalue weighted by Gasteiger charge is -2.07. The van der Waals surface area contributed by atoms with E-state index in [0.717, 1.165) is 0 Å². The third-order valence-electron chi connectivity index (χ3n) is 2.35. The second-order valence-electron chi connectivity index (χ2n) is 3.74. The van der Waals surface area contributed by atoms with Crippen molar-refractivity contribution in [3.05, 3.63) is 33.9 Å². The van der Waals surface area contributed by atoms with Gasteiger partial charge in [-0.15, -0.1) is 0 Å². The molecule has 0 aliphatic rings. The summed E-state index contributed by atoms with van der Waals surface area (Å²) in [6.45, 7) is 1.43. The van der Waals surface area contributed by atoms with E-state index < -0.39 is 11.0 Å². The van der Waals surface area contributed by atoms with Gasteiger partial charge >= 0.3 is 6.03 Å². The average molecular weight is 266 g/mol. The second-order valence-corrected chi connectivity index (χ2v) is 3.74. The number of hydrogen-bond acceptors (Lipinski definition) is 4. The van der Waals surface area contributed by atoms with Crippen LogP contribution in [0.1, 0.15) is 5.56 Å². The summed E-state index contributed by atoms with van der Waals surface area (Å²) in [4.78, 5) is 32.6. The molecule has 0 unspecified atom stereocenters. The van der Waals surface area contributed by atoms with Gasteiger partial charge in [0.05, 0.1) is 11.5 Å². The van der Waals surface area contributed by atoms with Crippen LogP contribution in [-0.2, 0) is 4.79 Å². The molecule has 1 aromatic rings. The third kappa shape index (κ3) is 4.26. The molecular weight excluding hydrogens is 252 g/mol. The van der Waals surface area contributed by atoms with Gasteiger partial charge in [-0.2, -0.15) is 0 Å². The van der Waals surface area contributed by atoms with Crippen LogP contribution >= 0.6 is 0 Å². The van der Waals surface area contributed by atoms with Crippen molar-refractivity contribution in [1.29, 1.82) is 0 Å². The zero-order valence-electron chi connectivity index (χ0n) is 10.5. The van der Waals surface area contributed by atoms with Gasteiger partial charge in [-0.05, 0) is 13.0 Å². The van der Waals surface area contributed by atoms with E-state index in [9.17, 15) is 19.7 Å². The number of nitro groups is 1. The van der Waals surface area contributed by atoms with Gasteiger partial charge in [0.1, 0.15) is 0 Å². The van der Waals surface area contributed by atoms with Crippen LogP contribution in [0.2, 0.25) is 0 Å². The Labute approximate surface area is 109 Å². The molecule has 0 saturated heterocycles. The Morgan fingerprint density at radius 2 is 2.05 bits per heavy atom. The van der Waals surface area contributed by atoms with Gasteiger partial charge in [0.2, 0.25) is 5.91 Å². The highest BCUT2D eigenvalue weighted by Gasteiger charge is 2.12. The first-order valence-electron chi connectivity index (χ1n) is 5.44. The van der Waals surface area contributed by atoms with E-state index in [-0.39, 0.29) is 23.8 Å². The molecule has 0 heterocycles. The first kappa shape index (κ1) is 14.4. The number of nitrogens with zero attached hydrogens (tertiary/aromatic N) is 1. The smallest absolute Gasteiger partial charge is 0.319 e. The van der Waals surface area contributed by atoms with Crippen LogP contribution in [0.5, 0.6) is 0 Å². The van der Waals surface area contributed by atoms with Crippen LogP contribution in [0.15, 0.2) is 18.2 Å². The minimum Gasteiger partial charge on any atom is -0.358 e. The van der Waals surface area contributed by atoms with Crippen molar-refractivity contribution in [2.75, 3.05) is 18.9 Å². The topological polar surface area (TPSA) is 113 Å². The van der Waals surface area contributed by atoms with E-state index in [0.29, 0.717) is 5.56 Å². The summed E-state index contributed by atoms with van der Waals surface area (Å²) in [7, 11) is 1.45. The van der Waals surface area contributed by atoms with Crippen molar-refractivity contribution in [3.63, 3.8) is 0 Å². The van der Waals surface area contributed by atoms with Gasteiger partial charge in [0, 0.05) is 24.4 Å². The first-order chi connectivity index (χ1) is 8.93. The first-order valence-corrected chi connectivity index (χ1v) is 5.44. The summed E-state index contributed by atoms with van der Waals surface area (Å²) >= 11 is 0. The van der Waals surface area contributed by atoms with Gasteiger partial charge in [-0.3, -0.25) is 14.9 Å². The molecule has 0 saturated carbocycles. The number of rotatable bonds is 4. The highest BCUT2D eigenvalue weighted by molar-refractivity contribution is 5.92. The van der Waals surface area contributed by atoms with Crippen LogP contribution < -0.4 is 16.0 Å². The summed E-state index contributed by atoms with van der Waals surface area (Å²) < 4.78 is 0. The van der Waals surface area contributed by atoms with Gasteiger partial charge < -0.3 is 16.0 Å². The lowest BCUT2D eigenvalue weighted by Crippen LogP contribution is -2.37. The van der Waals surface area contributed by atoms with Crippen LogP contribution in [0, 0.1) is 17.0 Å². The Morgan fingerprint density at radius 1 is 1.37 bits per heavy atom. The zero-order valence-corrected chi connectivity index (χ0v) is 10.5. The molecule has 3 amide bonds. The molecule has 102 valence electrons. The summed E-state index contributed by atoms with van der Waals surface area (Å²) in [6.07, 6.45) is 0. The van der Waals surface area contributed by atoms with Crippen molar-refractivity contribution >= 4 is 23.3 Å². The maximum Gasteiger partial charge on any atom is 0.319 e. The fourth-order valence-electron chi connectivity index (χ4n) is 1.31. The summed E-state index contributed by atoms with van der Waals surface area (Å²) in [5.41, 5.74) is 0.706. The predicted molar refractivity (Wildman–Crippen MR) is 68.9 cm³/mol. The fraction of sp³-hybridized carbons (Fsp3) is 0.273. The normalized spacial score (nSPS) is 9.58. The molecule has 0 radical (unpaired) electrons. The molecule has 0 atom stereocenters. The Morgan fingerprint density at radius 3 is 2.63 bits per heavy atom. The Kier molecular flexibility index (Phi) is 4.81. The number of hydrogen-bond donors (Lipinski definition) is 3. The van der Waals surface area contributed by atoms with E-state index in [2.05, 4.69) is 16.0 Å². The van der Waals surface area contributed by atoms with Crippen molar-refractivity contribution in [2.24, 2.45) is 0 Å². The van der Waals surface area contributed by atoms with Gasteiger partial charge in [0.15, 0.2) is 0 Å². The van der Waals surface area contributed by atoms with Crippen molar-refractivity contribution in [2.45, 2.75) is 6.92 Å². The summed E-state index contributed by atoms with van der Waals surface area (Å²) in [6, 6.07) is 3.73. The zero-order chi connectivity index (χ0) is 14.4. The SMILES string of the molecule is CNC(=O)CNC(=O)Nc1ccc(C)c([N+](=O)[O-])c1. The molecule has 0 fully saturated rings. The Bertz CT molecular complexity index is 515. The summed E-state index contributed by atoms with van der Waals surface area (Å²) in [5, 5.41) is 17.8. The predicted octanol–water partition coefficient (Wildman–Crippen LogP) is 0.771. The summed E-state index contributed by atoms with van der Waals surface area (Å²) in [5.74, 6) is -0.343. The molecule has 0 aliphatic carbocycles. The number of aryl methyl sites for hydroxylation is 1. The molecule has 0 spiro atoms. The Hall–Kier alpha value is -2.64. The molecule has 8 heteroatoms. The van der Waals surface area contributed by atoms with Gasteiger partial charge in [-0.1, -0.05) is 6.07 Å². The molecular formula is C11H14N4O4. The maximum atomic E-state index is 11.4. The molecule has 1 aromatic carbocycles. The number of anilines is 1. The number of carbonyl (C=O) groups excluding carboxylic acids is 2. The maximum absolute atomic E-state index is 11.4. The highest BCUT2D eigenvalue weighted by atomic mass is 16.6. The van der Waals surface area contributed by atoms with Crippen molar-refractivity contribution in [3.8, 4) is 0 Å². The average Bonchev–Trinajstić information content (AvgIpc) is 2.37. The number of urea groups is 1. The van der Waals surface area contributed by atoms with Crippen LogP contribution in [0.3, 0.4) is 0 Å². The van der Waals surface area contributed by atoms with Crippen LogP contribution in [0.25, 0.3) is 0 Å². The van der Waals surface area contributed by atoms with E-state index in [1.807, 2.05) is 0 Å². The standard InChI is InChI=1S/C11H14N4O4/c1-7-3-4-8(5-9(7)15(18)19)14-11(17)13-6-10(16)12-2/h3-5H,6H2,1-2H3,(H,12,16)(H2,13,14,17). The largest absolute Gasteiger partial charge is 0.358 e. The number of nitrogens with one attached hydrogen (secondary N) is 3. The molecule has 19 heavy (non-hydrogen) atoms. The van der Waals surface area contributed by atoms with Gasteiger partial charge in [0.25, 0.3) is 5.69 Å². The van der Waals surface area contributed by atoms with Crippen molar-refractivity contribution in [1.82, 2.24) is 10.6 Å². The second kappa shape index (κ2) is 6.34. The number of benzene rings is 1. The molecule has 0 aliphatic heterocycles. The number of amides is 3.